The normalized spacial score (nSPS) is 15.5. The van der Waals surface area contributed by atoms with Crippen molar-refractivity contribution in [2.24, 2.45) is 23.3 Å². The largest absolute Gasteiger partial charge is 1.00 e. The van der Waals surface area contributed by atoms with Gasteiger partial charge in [-0.2, -0.15) is 0 Å². The van der Waals surface area contributed by atoms with Gasteiger partial charge >= 0.3 is 59.1 Å². The molecule has 0 aliphatic carbocycles. The number of ketones is 1. The number of nitrogens with two attached hydrogens (primary N) is 2. The first-order valence-electron chi connectivity index (χ1n) is 7.62. The monoisotopic (exact) mass is 410 g/mol. The second-order valence-electron chi connectivity index (χ2n) is 5.93. The van der Waals surface area contributed by atoms with Gasteiger partial charge in [0.25, 0.3) is 0 Å². The molecule has 0 bridgehead atoms. The summed E-state index contributed by atoms with van der Waals surface area (Å²) in [5, 5.41) is 11.2. The van der Waals surface area contributed by atoms with Crippen LogP contribution in [0.15, 0.2) is 0 Å². The van der Waals surface area contributed by atoms with Crippen LogP contribution in [0, 0.1) is 11.8 Å². The van der Waals surface area contributed by atoms with E-state index < -0.39 is 50.9 Å². The molecule has 0 saturated carbocycles. The second kappa shape index (κ2) is 13.6. The Morgan fingerprint density at radius 3 is 1.92 bits per heavy atom. The number of hydrogen-bond donors (Lipinski definition) is 2. The van der Waals surface area contributed by atoms with E-state index in [4.69, 9.17) is 11.5 Å². The first kappa shape index (κ1) is 31.2. The summed E-state index contributed by atoms with van der Waals surface area (Å²) in [4.78, 5) is 34.5. The van der Waals surface area contributed by atoms with Crippen LogP contribution in [-0.2, 0) is 24.5 Å². The predicted molar refractivity (Wildman–Crippen MR) is 82.1 cm³/mol. The van der Waals surface area contributed by atoms with Crippen LogP contribution in [-0.4, -0.2) is 41.9 Å². The van der Waals surface area contributed by atoms with Gasteiger partial charge in [0, 0.05) is 18.3 Å². The van der Waals surface area contributed by atoms with E-state index in [1.165, 1.54) is 6.92 Å². The Hall–Kier alpha value is 0.480. The van der Waals surface area contributed by atoms with Gasteiger partial charge in [0.15, 0.2) is 5.78 Å². The van der Waals surface area contributed by atoms with E-state index in [-0.39, 0.29) is 84.8 Å². The molecular formula is C14H24N2Na2O7S. The molecule has 140 valence electrons. The van der Waals surface area contributed by atoms with Crippen LogP contribution >= 0.6 is 0 Å². The Bertz CT molecular complexity index is 586. The number of carboxylic acids is 1. The third kappa shape index (κ3) is 11.4. The Morgan fingerprint density at radius 2 is 1.62 bits per heavy atom. The molecule has 3 unspecified atom stereocenters. The molecule has 0 rings (SSSR count). The topological polar surface area (TPSA) is 184 Å². The molecule has 3 atom stereocenters. The average molecular weight is 410 g/mol. The molecule has 0 aromatic heterocycles. The number of carbonyl (C=O) groups excluding carboxylic acids is 3. The molecule has 9 nitrogen and oxygen atoms in total. The maximum absolute atomic E-state index is 12.2. The zero-order valence-corrected chi connectivity index (χ0v) is 20.6. The number of amides is 1. The van der Waals surface area contributed by atoms with Gasteiger partial charge in [0.05, 0.1) is 21.4 Å². The molecule has 12 heteroatoms. The van der Waals surface area contributed by atoms with Crippen molar-refractivity contribution in [1.29, 1.82) is 0 Å². The zero-order chi connectivity index (χ0) is 19.1. The smallest absolute Gasteiger partial charge is 0.748 e. The average Bonchev–Trinajstić information content (AvgIpc) is 2.44. The van der Waals surface area contributed by atoms with E-state index in [1.807, 2.05) is 0 Å². The molecular weight excluding hydrogens is 386 g/mol. The number of carboxylic acid groups (broad SMARTS) is 1. The molecule has 1 amide bonds. The molecule has 0 fully saturated rings. The summed E-state index contributed by atoms with van der Waals surface area (Å²) >= 11 is 0. The SMILES string of the molecule is CCC(CC(CCC(=O)C(N)(CC)CS(=O)(=O)[O-])C(=O)[O-])C(N)=O.[Na+].[Na+]. The van der Waals surface area contributed by atoms with E-state index >= 15 is 0 Å². The molecule has 0 aliphatic heterocycles. The third-order valence-electron chi connectivity index (χ3n) is 4.14. The molecule has 0 saturated heterocycles. The van der Waals surface area contributed by atoms with Crippen molar-refractivity contribution in [3.63, 3.8) is 0 Å². The van der Waals surface area contributed by atoms with Crippen LogP contribution in [0.25, 0.3) is 0 Å². The Balaban J connectivity index is -0.00000264. The summed E-state index contributed by atoms with van der Waals surface area (Å²) in [5.74, 6) is -5.62. The fraction of sp³-hybridized carbons (Fsp3) is 0.786. The Kier molecular flexibility index (Phi) is 16.3. The van der Waals surface area contributed by atoms with Crippen molar-refractivity contribution in [2.45, 2.75) is 51.5 Å². The minimum Gasteiger partial charge on any atom is -0.748 e. The standard InChI is InChI=1S/C14H26N2O7S.2Na/c1-3-9(12(15)18)7-10(13(19)20)5-6-11(17)14(16,4-2)8-24(21,22)23;;/h9-10H,3-8,16H2,1-2H3,(H2,15,18)(H,19,20)(H,21,22,23);;/q;2*+1/p-2. The van der Waals surface area contributed by atoms with Gasteiger partial charge in [-0.15, -0.1) is 0 Å². The van der Waals surface area contributed by atoms with Crippen molar-refractivity contribution >= 4 is 27.8 Å². The minimum atomic E-state index is -4.71. The van der Waals surface area contributed by atoms with Crippen LogP contribution in [0.5, 0.6) is 0 Å². The first-order chi connectivity index (χ1) is 10.9. The van der Waals surface area contributed by atoms with E-state index in [0.29, 0.717) is 6.42 Å². The van der Waals surface area contributed by atoms with Crippen molar-refractivity contribution in [1.82, 2.24) is 0 Å². The van der Waals surface area contributed by atoms with Crippen LogP contribution in [0.3, 0.4) is 0 Å². The summed E-state index contributed by atoms with van der Waals surface area (Å²) in [6.45, 7) is 3.13. The number of primary amides is 1. The first-order valence-corrected chi connectivity index (χ1v) is 9.20. The summed E-state index contributed by atoms with van der Waals surface area (Å²) in [6, 6.07) is 0. The predicted octanol–water partition coefficient (Wildman–Crippen LogP) is -7.74. The number of Topliss-reactive ketones (excluding diaryl/α,β-unsaturated/α-hetero) is 1. The zero-order valence-electron chi connectivity index (χ0n) is 15.8. The number of aliphatic carboxylic acids is 1. The molecule has 0 radical (unpaired) electrons. The van der Waals surface area contributed by atoms with Crippen LogP contribution in [0.2, 0.25) is 0 Å². The number of rotatable bonds is 12. The van der Waals surface area contributed by atoms with Crippen LogP contribution in [0.1, 0.15) is 46.0 Å². The molecule has 4 N–H and O–H groups in total. The van der Waals surface area contributed by atoms with E-state index in [9.17, 15) is 32.5 Å². The fourth-order valence-corrected chi connectivity index (χ4v) is 3.40. The van der Waals surface area contributed by atoms with Gasteiger partial charge in [-0.05, 0) is 31.6 Å². The van der Waals surface area contributed by atoms with Crippen molar-refractivity contribution < 1.29 is 91.6 Å². The second-order valence-corrected chi connectivity index (χ2v) is 7.34. The van der Waals surface area contributed by atoms with Crippen molar-refractivity contribution in [3.05, 3.63) is 0 Å². The quantitative estimate of drug-likeness (QED) is 0.235. The van der Waals surface area contributed by atoms with Crippen LogP contribution in [0.4, 0.5) is 0 Å². The van der Waals surface area contributed by atoms with E-state index in [0.717, 1.165) is 0 Å². The van der Waals surface area contributed by atoms with Gasteiger partial charge in [0.1, 0.15) is 0 Å². The number of carbonyl (C=O) groups is 3. The van der Waals surface area contributed by atoms with Crippen LogP contribution < -0.4 is 75.7 Å². The van der Waals surface area contributed by atoms with Gasteiger partial charge in [-0.3, -0.25) is 9.59 Å². The Labute approximate surface area is 198 Å². The van der Waals surface area contributed by atoms with Gasteiger partial charge in [-0.25, -0.2) is 8.42 Å². The van der Waals surface area contributed by atoms with Gasteiger partial charge in [0.2, 0.25) is 5.91 Å². The summed E-state index contributed by atoms with van der Waals surface area (Å²) in [5.41, 5.74) is 9.01. The van der Waals surface area contributed by atoms with E-state index in [1.54, 1.807) is 6.92 Å². The van der Waals surface area contributed by atoms with Gasteiger partial charge in [-0.1, -0.05) is 13.8 Å². The molecule has 0 aliphatic rings. The Morgan fingerprint density at radius 1 is 1.12 bits per heavy atom. The maximum atomic E-state index is 12.2. The molecule has 0 aromatic carbocycles. The number of hydrogen-bond acceptors (Lipinski definition) is 8. The third-order valence-corrected chi connectivity index (χ3v) is 5.01. The summed E-state index contributed by atoms with van der Waals surface area (Å²) < 4.78 is 32.6. The minimum absolute atomic E-state index is 0. The molecule has 0 heterocycles. The fourth-order valence-electron chi connectivity index (χ4n) is 2.41. The van der Waals surface area contributed by atoms with Gasteiger partial charge < -0.3 is 25.9 Å². The molecule has 0 aromatic rings. The van der Waals surface area contributed by atoms with Crippen molar-refractivity contribution in [2.75, 3.05) is 5.75 Å². The molecule has 0 spiro atoms. The summed E-state index contributed by atoms with van der Waals surface area (Å²) in [6.07, 6.45) is -0.332. The maximum Gasteiger partial charge on any atom is 1.00 e. The van der Waals surface area contributed by atoms with Crippen molar-refractivity contribution in [3.8, 4) is 0 Å². The molecule has 26 heavy (non-hydrogen) atoms. The summed E-state index contributed by atoms with van der Waals surface area (Å²) in [7, 11) is -4.71. The van der Waals surface area contributed by atoms with E-state index in [2.05, 4.69) is 0 Å².